The fraction of sp³-hybridized carbons (Fsp3) is 0.455. The Morgan fingerprint density at radius 1 is 1.53 bits per heavy atom. The first kappa shape index (κ1) is 9.68. The Kier molecular flexibility index (Phi) is 2.08. The zero-order valence-corrected chi connectivity index (χ0v) is 10.4. The minimum absolute atomic E-state index is 0.286. The first-order valence-corrected chi connectivity index (χ1v) is 6.85. The highest BCUT2D eigenvalue weighted by Crippen LogP contribution is 2.65. The Morgan fingerprint density at radius 2 is 2.27 bits per heavy atom. The minimum atomic E-state index is -0.286. The molecule has 1 saturated heterocycles. The van der Waals surface area contributed by atoms with Crippen LogP contribution in [0.15, 0.2) is 22.8 Å². The number of fused-ring (bicyclic) bond motifs is 1. The molecule has 4 heteroatoms. The molecular formula is C11H9BrN2S. The van der Waals surface area contributed by atoms with Gasteiger partial charge < -0.3 is 0 Å². The number of hydrogen-bond donors (Lipinski definition) is 0. The van der Waals surface area contributed by atoms with E-state index >= 15 is 0 Å². The summed E-state index contributed by atoms with van der Waals surface area (Å²) in [5, 5.41) is 9.42. The van der Waals surface area contributed by atoms with Crippen LogP contribution in [0.1, 0.15) is 5.69 Å². The van der Waals surface area contributed by atoms with E-state index in [1.54, 1.807) is 6.20 Å². The summed E-state index contributed by atoms with van der Waals surface area (Å²) >= 11 is 5.46. The molecule has 1 aromatic heterocycles. The van der Waals surface area contributed by atoms with E-state index in [4.69, 9.17) is 0 Å². The smallest absolute Gasteiger partial charge is 0.108 e. The fourth-order valence-electron chi connectivity index (χ4n) is 2.62. The third kappa shape index (κ3) is 1.14. The second-order valence-electron chi connectivity index (χ2n) is 4.07. The Bertz CT molecular complexity index is 444. The van der Waals surface area contributed by atoms with Crippen LogP contribution in [0.3, 0.4) is 0 Å². The summed E-state index contributed by atoms with van der Waals surface area (Å²) in [4.78, 5) is 4.39. The van der Waals surface area contributed by atoms with E-state index in [2.05, 4.69) is 27.0 Å². The fourth-order valence-corrected chi connectivity index (χ4v) is 4.83. The van der Waals surface area contributed by atoms with Crippen molar-refractivity contribution in [2.45, 2.75) is 5.41 Å². The predicted molar refractivity (Wildman–Crippen MR) is 63.5 cm³/mol. The highest BCUT2D eigenvalue weighted by Gasteiger charge is 2.69. The lowest BCUT2D eigenvalue weighted by atomic mass is 9.99. The molecule has 2 aliphatic rings. The van der Waals surface area contributed by atoms with Gasteiger partial charge in [0.15, 0.2) is 0 Å². The quantitative estimate of drug-likeness (QED) is 0.794. The maximum Gasteiger partial charge on any atom is 0.108 e. The van der Waals surface area contributed by atoms with Crippen LogP contribution in [-0.2, 0) is 5.41 Å². The molecule has 0 radical (unpaired) electrons. The van der Waals surface area contributed by atoms with Crippen molar-refractivity contribution >= 4 is 27.7 Å². The molecule has 3 atom stereocenters. The number of aromatic nitrogens is 1. The molecule has 1 aromatic rings. The van der Waals surface area contributed by atoms with E-state index in [-0.39, 0.29) is 5.41 Å². The molecule has 0 aromatic carbocycles. The summed E-state index contributed by atoms with van der Waals surface area (Å²) in [6, 6.07) is 6.37. The van der Waals surface area contributed by atoms with E-state index in [9.17, 15) is 5.26 Å². The zero-order valence-electron chi connectivity index (χ0n) is 7.98. The summed E-state index contributed by atoms with van der Waals surface area (Å²) in [6.07, 6.45) is 1.78. The van der Waals surface area contributed by atoms with Gasteiger partial charge in [-0.05, 0) is 51.4 Å². The van der Waals surface area contributed by atoms with Crippen molar-refractivity contribution in [3.05, 3.63) is 28.5 Å². The molecule has 1 saturated carbocycles. The number of rotatable bonds is 1. The third-order valence-corrected chi connectivity index (χ3v) is 5.31. The SMILES string of the molecule is N#CC1(c2ncccc2Br)C2CSC[C@@H]21. The van der Waals surface area contributed by atoms with Crippen molar-refractivity contribution in [1.29, 1.82) is 5.26 Å². The molecule has 3 rings (SSSR count). The van der Waals surface area contributed by atoms with Gasteiger partial charge in [0.25, 0.3) is 0 Å². The lowest BCUT2D eigenvalue weighted by molar-refractivity contribution is 0.739. The Balaban J connectivity index is 2.08. The molecule has 76 valence electrons. The van der Waals surface area contributed by atoms with Crippen molar-refractivity contribution in [1.82, 2.24) is 4.98 Å². The topological polar surface area (TPSA) is 36.7 Å². The lowest BCUT2D eigenvalue weighted by Gasteiger charge is -2.12. The van der Waals surface area contributed by atoms with Crippen LogP contribution < -0.4 is 0 Å². The Morgan fingerprint density at radius 3 is 2.87 bits per heavy atom. The summed E-state index contributed by atoms with van der Waals surface area (Å²) < 4.78 is 0.978. The van der Waals surface area contributed by atoms with Gasteiger partial charge in [-0.15, -0.1) is 0 Å². The number of pyridine rings is 1. The van der Waals surface area contributed by atoms with Gasteiger partial charge in [0, 0.05) is 10.7 Å². The molecular weight excluding hydrogens is 272 g/mol. The lowest BCUT2D eigenvalue weighted by Crippen LogP contribution is -2.15. The Labute approximate surface area is 101 Å². The first-order chi connectivity index (χ1) is 7.30. The largest absolute Gasteiger partial charge is 0.258 e. The zero-order chi connectivity index (χ0) is 10.5. The maximum absolute atomic E-state index is 9.42. The number of nitrogens with zero attached hydrogens (tertiary/aromatic N) is 2. The van der Waals surface area contributed by atoms with Gasteiger partial charge in [-0.1, -0.05) is 0 Å². The second-order valence-corrected chi connectivity index (χ2v) is 5.99. The van der Waals surface area contributed by atoms with Gasteiger partial charge in [-0.25, -0.2) is 0 Å². The van der Waals surface area contributed by atoms with E-state index in [1.807, 2.05) is 23.9 Å². The molecule has 2 unspecified atom stereocenters. The first-order valence-electron chi connectivity index (χ1n) is 4.90. The van der Waals surface area contributed by atoms with E-state index in [1.165, 1.54) is 0 Å². The second kappa shape index (κ2) is 3.23. The molecule has 0 bridgehead atoms. The molecule has 2 fully saturated rings. The molecule has 1 aliphatic carbocycles. The van der Waals surface area contributed by atoms with E-state index in [0.717, 1.165) is 21.7 Å². The number of halogens is 1. The van der Waals surface area contributed by atoms with Crippen LogP contribution in [0.25, 0.3) is 0 Å². The predicted octanol–water partition coefficient (Wildman–Crippen LogP) is 2.60. The molecule has 0 amide bonds. The molecule has 1 aliphatic heterocycles. The summed E-state index contributed by atoms with van der Waals surface area (Å²) in [5.41, 5.74) is 0.661. The molecule has 2 nitrogen and oxygen atoms in total. The van der Waals surface area contributed by atoms with Crippen LogP contribution in [-0.4, -0.2) is 16.5 Å². The van der Waals surface area contributed by atoms with Crippen LogP contribution in [0.4, 0.5) is 0 Å². The van der Waals surface area contributed by atoms with Crippen LogP contribution >= 0.6 is 27.7 Å². The average molecular weight is 281 g/mol. The normalized spacial score (nSPS) is 37.1. The van der Waals surface area contributed by atoms with Crippen molar-refractivity contribution in [2.75, 3.05) is 11.5 Å². The molecule has 2 heterocycles. The van der Waals surface area contributed by atoms with Crippen molar-refractivity contribution < 1.29 is 0 Å². The van der Waals surface area contributed by atoms with Crippen LogP contribution in [0.2, 0.25) is 0 Å². The molecule has 0 N–H and O–H groups in total. The van der Waals surface area contributed by atoms with Gasteiger partial charge in [-0.3, -0.25) is 4.98 Å². The summed E-state index contributed by atoms with van der Waals surface area (Å²) in [6.45, 7) is 0. The van der Waals surface area contributed by atoms with Gasteiger partial charge in [0.2, 0.25) is 0 Å². The van der Waals surface area contributed by atoms with E-state index in [0.29, 0.717) is 11.8 Å². The summed E-state index contributed by atoms with van der Waals surface area (Å²) in [7, 11) is 0. The Hall–Kier alpha value is -0.530. The van der Waals surface area contributed by atoms with E-state index < -0.39 is 0 Å². The van der Waals surface area contributed by atoms with Crippen molar-refractivity contribution in [3.63, 3.8) is 0 Å². The van der Waals surface area contributed by atoms with Crippen LogP contribution in [0, 0.1) is 23.2 Å². The van der Waals surface area contributed by atoms with Gasteiger partial charge in [0.1, 0.15) is 5.41 Å². The number of thioether (sulfide) groups is 1. The minimum Gasteiger partial charge on any atom is -0.258 e. The molecule has 15 heavy (non-hydrogen) atoms. The number of nitriles is 1. The van der Waals surface area contributed by atoms with Gasteiger partial charge in [-0.2, -0.15) is 17.0 Å². The van der Waals surface area contributed by atoms with Crippen LogP contribution in [0.5, 0.6) is 0 Å². The summed E-state index contributed by atoms with van der Waals surface area (Å²) in [5.74, 6) is 3.28. The van der Waals surface area contributed by atoms with Crippen molar-refractivity contribution in [2.24, 2.45) is 11.8 Å². The highest BCUT2D eigenvalue weighted by atomic mass is 79.9. The maximum atomic E-state index is 9.42. The van der Waals surface area contributed by atoms with Crippen molar-refractivity contribution in [3.8, 4) is 6.07 Å². The number of hydrogen-bond acceptors (Lipinski definition) is 3. The van der Waals surface area contributed by atoms with Gasteiger partial charge >= 0.3 is 0 Å². The average Bonchev–Trinajstić information content (AvgIpc) is 2.64. The highest BCUT2D eigenvalue weighted by molar-refractivity contribution is 9.10. The standard InChI is InChI=1S/C11H9BrN2S/c12-9-2-1-3-14-10(9)11(6-13)7-4-15-5-8(7)11/h1-3,7-8H,4-5H2/t7-,8?,11?/m0/s1. The monoisotopic (exact) mass is 280 g/mol. The third-order valence-electron chi connectivity index (χ3n) is 3.48. The van der Waals surface area contributed by atoms with Gasteiger partial charge in [0.05, 0.1) is 11.8 Å². The molecule has 0 spiro atoms.